The number of hydrogen-bond donors (Lipinski definition) is 3. The molecule has 2 aromatic heterocycles. The Morgan fingerprint density at radius 3 is 2.64 bits per heavy atom. The van der Waals surface area contributed by atoms with Crippen LogP contribution in [0.5, 0.6) is 5.75 Å². The van der Waals surface area contributed by atoms with Crippen molar-refractivity contribution in [2.45, 2.75) is 6.54 Å². The summed E-state index contributed by atoms with van der Waals surface area (Å²) in [6.07, 6.45) is 3.14. The third-order valence-electron chi connectivity index (χ3n) is 4.38. The second-order valence-corrected chi connectivity index (χ2v) is 6.14. The first-order valence-corrected chi connectivity index (χ1v) is 8.69. The molecule has 0 amide bonds. The van der Waals surface area contributed by atoms with Gasteiger partial charge in [-0.25, -0.2) is 4.98 Å². The lowest BCUT2D eigenvalue weighted by Crippen LogP contribution is -2.30. The van der Waals surface area contributed by atoms with E-state index in [1.807, 2.05) is 36.4 Å². The Morgan fingerprint density at radius 1 is 1.07 bits per heavy atom. The van der Waals surface area contributed by atoms with Crippen LogP contribution in [-0.4, -0.2) is 44.0 Å². The Bertz CT molecular complexity index is 1100. The van der Waals surface area contributed by atoms with Gasteiger partial charge in [0, 0.05) is 11.9 Å². The summed E-state index contributed by atoms with van der Waals surface area (Å²) < 4.78 is 6.91. The molecule has 0 aliphatic rings. The topological polar surface area (TPSA) is 105 Å². The van der Waals surface area contributed by atoms with Crippen molar-refractivity contribution < 1.29 is 14.8 Å². The van der Waals surface area contributed by atoms with Crippen molar-refractivity contribution in [3.63, 3.8) is 0 Å². The highest BCUT2D eigenvalue weighted by Gasteiger charge is 2.18. The van der Waals surface area contributed by atoms with Crippen molar-refractivity contribution in [3.05, 3.63) is 66.5 Å². The number of methoxy groups -OCH3 is 1. The Hall–Kier alpha value is -3.43. The Morgan fingerprint density at radius 2 is 1.89 bits per heavy atom. The Balaban J connectivity index is 1.71. The van der Waals surface area contributed by atoms with Gasteiger partial charge < -0.3 is 20.1 Å². The molecule has 8 nitrogen and oxygen atoms in total. The molecular weight excluding hydrogens is 357 g/mol. The number of nitrogens with one attached hydrogen (secondary N) is 1. The van der Waals surface area contributed by atoms with Crippen LogP contribution in [0, 0.1) is 0 Å². The smallest absolute Gasteiger partial charge is 0.489 e. The van der Waals surface area contributed by atoms with Gasteiger partial charge in [-0.05, 0) is 17.1 Å². The molecule has 140 valence electrons. The van der Waals surface area contributed by atoms with Crippen LogP contribution in [0.4, 0.5) is 5.82 Å². The predicted octanol–water partition coefficient (Wildman–Crippen LogP) is 1.12. The van der Waals surface area contributed by atoms with E-state index in [0.29, 0.717) is 40.4 Å². The summed E-state index contributed by atoms with van der Waals surface area (Å²) in [5.41, 5.74) is 2.15. The van der Waals surface area contributed by atoms with Gasteiger partial charge in [0.05, 0.1) is 25.0 Å². The van der Waals surface area contributed by atoms with Crippen molar-refractivity contribution in [1.29, 1.82) is 0 Å². The van der Waals surface area contributed by atoms with Crippen LogP contribution >= 0.6 is 0 Å². The first kappa shape index (κ1) is 18.0. The molecule has 28 heavy (non-hydrogen) atoms. The standard InChI is InChI=1S/C19H18BN5O3/c1-28-17-12-22-19(24-18(17)21-10-13-6-3-2-4-7-13)25-16-9-5-8-15(20(26)27)14(16)11-23-25/h2-9,11-12,26-27H,10H2,1H3,(H,21,22,24). The summed E-state index contributed by atoms with van der Waals surface area (Å²) in [6.45, 7) is 0.578. The lowest BCUT2D eigenvalue weighted by atomic mass is 9.78. The summed E-state index contributed by atoms with van der Waals surface area (Å²) in [6, 6.07) is 15.1. The number of ether oxygens (including phenoxy) is 1. The van der Waals surface area contributed by atoms with Gasteiger partial charge in [-0.3, -0.25) is 0 Å². The van der Waals surface area contributed by atoms with E-state index in [2.05, 4.69) is 20.4 Å². The van der Waals surface area contributed by atoms with E-state index in [1.165, 1.54) is 0 Å². The van der Waals surface area contributed by atoms with Crippen LogP contribution in [0.2, 0.25) is 0 Å². The average Bonchev–Trinajstić information content (AvgIpc) is 3.17. The molecule has 0 spiro atoms. The van der Waals surface area contributed by atoms with E-state index in [9.17, 15) is 10.0 Å². The molecule has 0 fully saturated rings. The molecular formula is C19H18BN5O3. The van der Waals surface area contributed by atoms with E-state index in [-0.39, 0.29) is 0 Å². The van der Waals surface area contributed by atoms with Crippen molar-refractivity contribution in [2.75, 3.05) is 12.4 Å². The third-order valence-corrected chi connectivity index (χ3v) is 4.38. The van der Waals surface area contributed by atoms with Crippen molar-refractivity contribution in [3.8, 4) is 11.7 Å². The maximum atomic E-state index is 9.55. The SMILES string of the molecule is COc1cnc(-n2ncc3c(B(O)O)cccc32)nc1NCc1ccccc1. The maximum Gasteiger partial charge on any atom is 0.489 e. The summed E-state index contributed by atoms with van der Waals surface area (Å²) in [5, 5.41) is 27.3. The minimum atomic E-state index is -1.58. The van der Waals surface area contributed by atoms with Gasteiger partial charge in [0.1, 0.15) is 0 Å². The summed E-state index contributed by atoms with van der Waals surface area (Å²) >= 11 is 0. The number of fused-ring (bicyclic) bond motifs is 1. The van der Waals surface area contributed by atoms with Gasteiger partial charge in [0.2, 0.25) is 0 Å². The zero-order valence-electron chi connectivity index (χ0n) is 15.1. The maximum absolute atomic E-state index is 9.55. The fourth-order valence-electron chi connectivity index (χ4n) is 2.98. The van der Waals surface area contributed by atoms with E-state index in [1.54, 1.807) is 36.3 Å². The van der Waals surface area contributed by atoms with Crippen LogP contribution in [0.25, 0.3) is 16.9 Å². The highest BCUT2D eigenvalue weighted by molar-refractivity contribution is 6.61. The molecule has 0 aliphatic carbocycles. The zero-order valence-corrected chi connectivity index (χ0v) is 15.1. The zero-order chi connectivity index (χ0) is 19.5. The molecule has 0 radical (unpaired) electrons. The van der Waals surface area contributed by atoms with Gasteiger partial charge in [-0.1, -0.05) is 42.5 Å². The van der Waals surface area contributed by atoms with E-state index in [0.717, 1.165) is 5.56 Å². The Labute approximate surface area is 161 Å². The molecule has 4 rings (SSSR count). The van der Waals surface area contributed by atoms with Gasteiger partial charge >= 0.3 is 7.12 Å². The van der Waals surface area contributed by atoms with Crippen molar-refractivity contribution >= 4 is 29.3 Å². The second kappa shape index (κ2) is 7.67. The summed E-state index contributed by atoms with van der Waals surface area (Å²) in [7, 11) is -0.0224. The quantitative estimate of drug-likeness (QED) is 0.434. The number of rotatable bonds is 6. The van der Waals surface area contributed by atoms with Gasteiger partial charge in [-0.15, -0.1) is 0 Å². The summed E-state index contributed by atoms with van der Waals surface area (Å²) in [5.74, 6) is 1.40. The molecule has 9 heteroatoms. The first-order chi connectivity index (χ1) is 13.7. The number of anilines is 1. The largest absolute Gasteiger partial charge is 0.491 e. The predicted molar refractivity (Wildman–Crippen MR) is 107 cm³/mol. The molecule has 0 saturated heterocycles. The average molecular weight is 375 g/mol. The van der Waals surface area contributed by atoms with Crippen LogP contribution < -0.4 is 15.5 Å². The molecule has 0 aliphatic heterocycles. The van der Waals surface area contributed by atoms with E-state index in [4.69, 9.17) is 4.74 Å². The molecule has 2 aromatic carbocycles. The number of benzene rings is 2. The molecule has 0 unspecified atom stereocenters. The second-order valence-electron chi connectivity index (χ2n) is 6.14. The molecule has 4 aromatic rings. The third kappa shape index (κ3) is 3.40. The van der Waals surface area contributed by atoms with Crippen LogP contribution in [0.15, 0.2) is 60.9 Å². The van der Waals surface area contributed by atoms with E-state index >= 15 is 0 Å². The highest BCUT2D eigenvalue weighted by Crippen LogP contribution is 2.23. The first-order valence-electron chi connectivity index (χ1n) is 8.69. The van der Waals surface area contributed by atoms with Crippen LogP contribution in [-0.2, 0) is 6.54 Å². The fraction of sp³-hybridized carbons (Fsp3) is 0.105. The minimum Gasteiger partial charge on any atom is -0.491 e. The van der Waals surface area contributed by atoms with Gasteiger partial charge in [-0.2, -0.15) is 14.8 Å². The van der Waals surface area contributed by atoms with E-state index < -0.39 is 7.12 Å². The summed E-state index contributed by atoms with van der Waals surface area (Å²) in [4.78, 5) is 8.89. The minimum absolute atomic E-state index is 0.343. The molecule has 0 atom stereocenters. The lowest BCUT2D eigenvalue weighted by Gasteiger charge is -2.11. The molecule has 3 N–H and O–H groups in total. The molecule has 0 bridgehead atoms. The monoisotopic (exact) mass is 375 g/mol. The highest BCUT2D eigenvalue weighted by atomic mass is 16.5. The molecule has 0 saturated carbocycles. The van der Waals surface area contributed by atoms with Crippen molar-refractivity contribution in [1.82, 2.24) is 19.7 Å². The van der Waals surface area contributed by atoms with Gasteiger partial charge in [0.25, 0.3) is 5.95 Å². The number of nitrogens with zero attached hydrogens (tertiary/aromatic N) is 4. The number of aromatic nitrogens is 4. The van der Waals surface area contributed by atoms with Crippen LogP contribution in [0.1, 0.15) is 5.56 Å². The van der Waals surface area contributed by atoms with Crippen LogP contribution in [0.3, 0.4) is 0 Å². The normalized spacial score (nSPS) is 10.8. The number of hydrogen-bond acceptors (Lipinski definition) is 7. The fourth-order valence-corrected chi connectivity index (χ4v) is 2.98. The Kier molecular flexibility index (Phi) is 4.92. The molecule has 2 heterocycles. The lowest BCUT2D eigenvalue weighted by molar-refractivity contribution is 0.412. The van der Waals surface area contributed by atoms with Gasteiger partial charge in [0.15, 0.2) is 11.6 Å². The van der Waals surface area contributed by atoms with Crippen molar-refractivity contribution in [2.24, 2.45) is 0 Å².